The molecule has 0 fully saturated rings. The molecule has 3 heteroatoms. The molecule has 0 aliphatic rings. The Labute approximate surface area is 110 Å². The summed E-state index contributed by atoms with van der Waals surface area (Å²) in [5.74, 6) is 1.27. The molecule has 1 nitrogen and oxygen atoms in total. The highest BCUT2D eigenvalue weighted by molar-refractivity contribution is 8.28. The third kappa shape index (κ3) is 7.39. The maximum absolute atomic E-state index is 4.48. The predicted molar refractivity (Wildman–Crippen MR) is 84.4 cm³/mol. The summed E-state index contributed by atoms with van der Waals surface area (Å²) in [6, 6.07) is 8.33. The molecule has 0 radical (unpaired) electrons. The molecule has 0 spiro atoms. The van der Waals surface area contributed by atoms with Crippen LogP contribution in [-0.2, 0) is 0 Å². The van der Waals surface area contributed by atoms with Crippen molar-refractivity contribution in [2.45, 2.75) is 39.4 Å². The number of hydrogen-bond donors (Lipinski definition) is 0. The van der Waals surface area contributed by atoms with E-state index in [1.165, 1.54) is 17.7 Å². The van der Waals surface area contributed by atoms with Gasteiger partial charge < -0.3 is 0 Å². The molecule has 0 amide bonds. The molecule has 0 heterocycles. The number of benzene rings is 1. The highest BCUT2D eigenvalue weighted by Crippen LogP contribution is 2.20. The van der Waals surface area contributed by atoms with Crippen molar-refractivity contribution in [1.29, 1.82) is 0 Å². The second kappa shape index (κ2) is 7.02. The van der Waals surface area contributed by atoms with Crippen molar-refractivity contribution < 1.29 is 0 Å². The normalized spacial score (nSPS) is 12.2. The zero-order chi connectivity index (χ0) is 12.7. The lowest BCUT2D eigenvalue weighted by Gasteiger charge is -2.13. The summed E-state index contributed by atoms with van der Waals surface area (Å²) >= 11 is 2.16. The zero-order valence-corrected chi connectivity index (χ0v) is 13.2. The lowest BCUT2D eigenvalue weighted by Crippen LogP contribution is -2.14. The minimum absolute atomic E-state index is 0.917. The molecule has 0 aliphatic heterocycles. The summed E-state index contributed by atoms with van der Waals surface area (Å²) in [4.78, 5) is 4.48. The summed E-state index contributed by atoms with van der Waals surface area (Å²) in [7, 11) is -0.917. The Morgan fingerprint density at radius 2 is 2.06 bits per heavy atom. The van der Waals surface area contributed by atoms with Gasteiger partial charge in [0.15, 0.2) is 0 Å². The van der Waals surface area contributed by atoms with Crippen LogP contribution >= 0.6 is 11.2 Å². The maximum atomic E-state index is 4.48. The van der Waals surface area contributed by atoms with Crippen LogP contribution in [0.5, 0.6) is 0 Å². The first-order chi connectivity index (χ1) is 7.97. The molecular formula is C14H23NSSi. The van der Waals surface area contributed by atoms with Crippen molar-refractivity contribution in [2.24, 2.45) is 4.99 Å². The van der Waals surface area contributed by atoms with Crippen molar-refractivity contribution in [3.8, 4) is 0 Å². The number of nitrogens with zero attached hydrogens (tertiary/aromatic N) is 1. The Morgan fingerprint density at radius 3 is 2.71 bits per heavy atom. The highest BCUT2D eigenvalue weighted by atomic mass is 32.4. The van der Waals surface area contributed by atoms with E-state index in [-0.39, 0.29) is 0 Å². The van der Waals surface area contributed by atoms with Crippen LogP contribution in [0.4, 0.5) is 5.69 Å². The molecule has 94 valence electrons. The Morgan fingerprint density at radius 1 is 1.29 bits per heavy atom. The van der Waals surface area contributed by atoms with E-state index in [2.05, 4.69) is 73.2 Å². The quantitative estimate of drug-likeness (QED) is 0.398. The summed E-state index contributed by atoms with van der Waals surface area (Å²) in [6.07, 6.45) is 4.38. The van der Waals surface area contributed by atoms with Gasteiger partial charge in [-0.2, -0.15) is 11.2 Å². The van der Waals surface area contributed by atoms with Gasteiger partial charge in [0, 0.05) is 6.21 Å². The number of rotatable bonds is 6. The van der Waals surface area contributed by atoms with E-state index in [9.17, 15) is 0 Å². The van der Waals surface area contributed by atoms with Crippen LogP contribution in [0.25, 0.3) is 0 Å². The number of aryl methyl sites for hydroxylation is 1. The second-order valence-corrected chi connectivity index (χ2v) is 14.7. The van der Waals surface area contributed by atoms with Crippen LogP contribution in [-0.4, -0.2) is 19.2 Å². The van der Waals surface area contributed by atoms with Gasteiger partial charge in [-0.15, -0.1) is 0 Å². The summed E-state index contributed by atoms with van der Waals surface area (Å²) < 4.78 is 0. The standard InChI is InChI=1S/C14H23NSSi/c1-13-8-7-9-14(12-13)15-10-5-6-11-16-17(2,3)4/h7-10,12H,5-6,11H2,1-4H3. The fourth-order valence-corrected chi connectivity index (χ4v) is 4.62. The summed E-state index contributed by atoms with van der Waals surface area (Å²) in [5, 5.41) is 0. The van der Waals surface area contributed by atoms with E-state index in [0.717, 1.165) is 12.1 Å². The Kier molecular flexibility index (Phi) is 5.99. The SMILES string of the molecule is Cc1cccc(N=CCCCS[Si](C)(C)C)c1. The largest absolute Gasteiger partial charge is 0.261 e. The van der Waals surface area contributed by atoms with Gasteiger partial charge in [0.05, 0.1) is 5.69 Å². The van der Waals surface area contributed by atoms with Gasteiger partial charge in [0.1, 0.15) is 7.22 Å². The highest BCUT2D eigenvalue weighted by Gasteiger charge is 2.11. The third-order valence-corrected chi connectivity index (χ3v) is 6.82. The summed E-state index contributed by atoms with van der Waals surface area (Å²) in [6.45, 7) is 9.30. The van der Waals surface area contributed by atoms with E-state index in [1.54, 1.807) is 0 Å². The van der Waals surface area contributed by atoms with E-state index < -0.39 is 7.22 Å². The fourth-order valence-electron chi connectivity index (χ4n) is 1.43. The fraction of sp³-hybridized carbons (Fsp3) is 0.500. The number of unbranched alkanes of at least 4 members (excludes halogenated alkanes) is 1. The maximum Gasteiger partial charge on any atom is 0.108 e. The van der Waals surface area contributed by atoms with Crippen LogP contribution in [0, 0.1) is 6.92 Å². The van der Waals surface area contributed by atoms with Crippen LogP contribution < -0.4 is 0 Å². The van der Waals surface area contributed by atoms with Crippen LogP contribution in [0.15, 0.2) is 29.3 Å². The van der Waals surface area contributed by atoms with Gasteiger partial charge in [-0.3, -0.25) is 4.99 Å². The molecule has 0 atom stereocenters. The summed E-state index contributed by atoms with van der Waals surface area (Å²) in [5.41, 5.74) is 2.34. The molecule has 0 saturated carbocycles. The minimum atomic E-state index is -0.917. The van der Waals surface area contributed by atoms with E-state index in [0.29, 0.717) is 0 Å². The Hall–Kier alpha value is -0.543. The second-order valence-electron chi connectivity index (χ2n) is 5.25. The lowest BCUT2D eigenvalue weighted by atomic mass is 10.2. The molecule has 1 aromatic rings. The lowest BCUT2D eigenvalue weighted by molar-refractivity contribution is 1.03. The van der Waals surface area contributed by atoms with Gasteiger partial charge in [0.2, 0.25) is 0 Å². The Bertz CT molecular complexity index is 369. The van der Waals surface area contributed by atoms with Crippen LogP contribution in [0.2, 0.25) is 19.6 Å². The van der Waals surface area contributed by atoms with E-state index in [1.807, 2.05) is 0 Å². The Balaban J connectivity index is 2.23. The molecule has 0 aromatic heterocycles. The van der Waals surface area contributed by atoms with Crippen molar-refractivity contribution in [1.82, 2.24) is 0 Å². The average molecular weight is 265 g/mol. The van der Waals surface area contributed by atoms with Crippen LogP contribution in [0.1, 0.15) is 18.4 Å². The molecule has 1 aromatic carbocycles. The average Bonchev–Trinajstić information content (AvgIpc) is 2.22. The molecule has 0 bridgehead atoms. The van der Waals surface area contributed by atoms with E-state index in [4.69, 9.17) is 0 Å². The third-order valence-electron chi connectivity index (χ3n) is 2.25. The first kappa shape index (κ1) is 14.5. The molecular weight excluding hydrogens is 242 g/mol. The van der Waals surface area contributed by atoms with Gasteiger partial charge in [0.25, 0.3) is 0 Å². The predicted octanol–water partition coefficient (Wildman–Crippen LogP) is 5.05. The number of hydrogen-bond acceptors (Lipinski definition) is 2. The van der Waals surface area contributed by atoms with E-state index >= 15 is 0 Å². The number of aliphatic imine (C=N–C) groups is 1. The molecule has 0 unspecified atom stereocenters. The van der Waals surface area contributed by atoms with Gasteiger partial charge in [-0.1, -0.05) is 31.8 Å². The first-order valence-electron chi connectivity index (χ1n) is 6.20. The molecule has 0 aliphatic carbocycles. The van der Waals surface area contributed by atoms with Crippen molar-refractivity contribution in [3.63, 3.8) is 0 Å². The van der Waals surface area contributed by atoms with Crippen molar-refractivity contribution in [3.05, 3.63) is 29.8 Å². The monoisotopic (exact) mass is 265 g/mol. The molecule has 17 heavy (non-hydrogen) atoms. The van der Waals surface area contributed by atoms with Crippen molar-refractivity contribution >= 4 is 30.3 Å². The van der Waals surface area contributed by atoms with Gasteiger partial charge in [-0.05, 0) is 43.2 Å². The molecule has 0 N–H and O–H groups in total. The smallest absolute Gasteiger partial charge is 0.108 e. The van der Waals surface area contributed by atoms with Crippen molar-refractivity contribution in [2.75, 3.05) is 5.75 Å². The van der Waals surface area contributed by atoms with Crippen LogP contribution in [0.3, 0.4) is 0 Å². The van der Waals surface area contributed by atoms with Gasteiger partial charge >= 0.3 is 0 Å². The zero-order valence-electron chi connectivity index (χ0n) is 11.4. The molecule has 0 saturated heterocycles. The molecule has 1 rings (SSSR count). The minimum Gasteiger partial charge on any atom is -0.261 e. The topological polar surface area (TPSA) is 12.4 Å². The van der Waals surface area contributed by atoms with Gasteiger partial charge in [-0.25, -0.2) is 0 Å². The first-order valence-corrected chi connectivity index (χ1v) is 11.4.